The largest absolute Gasteiger partial charge is 0.497 e. The van der Waals surface area contributed by atoms with Gasteiger partial charge >= 0.3 is 5.97 Å². The highest BCUT2D eigenvalue weighted by molar-refractivity contribution is 9.10. The third kappa shape index (κ3) is 6.11. The van der Waals surface area contributed by atoms with Crippen LogP contribution in [-0.2, 0) is 18.4 Å². The third-order valence-corrected chi connectivity index (χ3v) is 6.76. The molecular formula is C27H35BrN2O5. The Balaban J connectivity index is 1.92. The SMILES string of the molecule is COc1ccc(OCc2c(C(=O)OCCN(C(C)C)C(C)C)c3cc(OC)c(Br)cc3n2C)cc1. The van der Waals surface area contributed by atoms with Gasteiger partial charge in [0.25, 0.3) is 0 Å². The van der Waals surface area contributed by atoms with Crippen LogP contribution in [0, 0.1) is 0 Å². The Labute approximate surface area is 216 Å². The van der Waals surface area contributed by atoms with Crippen molar-refractivity contribution in [2.45, 2.75) is 46.4 Å². The van der Waals surface area contributed by atoms with Gasteiger partial charge in [0.1, 0.15) is 30.5 Å². The van der Waals surface area contributed by atoms with Crippen molar-refractivity contribution in [2.24, 2.45) is 7.05 Å². The number of methoxy groups -OCH3 is 2. The Hall–Kier alpha value is -2.71. The number of ether oxygens (including phenoxy) is 4. The van der Waals surface area contributed by atoms with Crippen molar-refractivity contribution in [1.29, 1.82) is 0 Å². The number of aromatic nitrogens is 1. The molecule has 0 aliphatic heterocycles. The number of hydrogen-bond acceptors (Lipinski definition) is 6. The van der Waals surface area contributed by atoms with Gasteiger partial charge in [-0.1, -0.05) is 0 Å². The molecule has 0 bridgehead atoms. The molecular weight excluding hydrogens is 512 g/mol. The van der Waals surface area contributed by atoms with Gasteiger partial charge in [0.2, 0.25) is 0 Å². The molecule has 190 valence electrons. The van der Waals surface area contributed by atoms with Crippen molar-refractivity contribution in [1.82, 2.24) is 9.47 Å². The van der Waals surface area contributed by atoms with Crippen molar-refractivity contribution in [3.63, 3.8) is 0 Å². The molecule has 0 aliphatic carbocycles. The minimum atomic E-state index is -0.374. The number of hydrogen-bond donors (Lipinski definition) is 0. The van der Waals surface area contributed by atoms with E-state index in [-0.39, 0.29) is 12.6 Å². The number of nitrogens with zero attached hydrogens (tertiary/aromatic N) is 2. The number of benzene rings is 2. The second-order valence-electron chi connectivity index (χ2n) is 8.91. The van der Waals surface area contributed by atoms with Gasteiger partial charge < -0.3 is 23.5 Å². The number of halogens is 1. The molecule has 8 heteroatoms. The summed E-state index contributed by atoms with van der Waals surface area (Å²) < 4.78 is 25.3. The normalized spacial score (nSPS) is 11.5. The molecule has 2 aromatic carbocycles. The van der Waals surface area contributed by atoms with Gasteiger partial charge in [0.05, 0.1) is 35.5 Å². The van der Waals surface area contributed by atoms with Crippen LogP contribution in [0.15, 0.2) is 40.9 Å². The molecule has 1 aromatic heterocycles. The number of rotatable bonds is 11. The van der Waals surface area contributed by atoms with E-state index >= 15 is 0 Å². The molecule has 0 fully saturated rings. The lowest BCUT2D eigenvalue weighted by Crippen LogP contribution is -2.39. The smallest absolute Gasteiger partial charge is 0.340 e. The molecule has 1 heterocycles. The third-order valence-electron chi connectivity index (χ3n) is 6.14. The number of aryl methyl sites for hydroxylation is 1. The fourth-order valence-electron chi connectivity index (χ4n) is 4.29. The van der Waals surface area contributed by atoms with Crippen LogP contribution in [0.5, 0.6) is 17.2 Å². The van der Waals surface area contributed by atoms with Crippen molar-refractivity contribution in [3.8, 4) is 17.2 Å². The van der Waals surface area contributed by atoms with Crippen LogP contribution in [-0.4, -0.2) is 54.9 Å². The van der Waals surface area contributed by atoms with Crippen LogP contribution in [0.3, 0.4) is 0 Å². The summed E-state index contributed by atoms with van der Waals surface area (Å²) in [4.78, 5) is 15.7. The summed E-state index contributed by atoms with van der Waals surface area (Å²) in [6.45, 7) is 9.75. The fourth-order valence-corrected chi connectivity index (χ4v) is 4.79. The molecule has 0 aliphatic rings. The van der Waals surface area contributed by atoms with Crippen LogP contribution in [0.4, 0.5) is 0 Å². The van der Waals surface area contributed by atoms with Crippen LogP contribution >= 0.6 is 15.9 Å². The molecule has 0 unspecified atom stereocenters. The van der Waals surface area contributed by atoms with Crippen LogP contribution in [0.2, 0.25) is 0 Å². The second-order valence-corrected chi connectivity index (χ2v) is 9.76. The Morgan fingerprint density at radius 3 is 2.20 bits per heavy atom. The van der Waals surface area contributed by atoms with E-state index in [0.29, 0.717) is 42.3 Å². The molecule has 35 heavy (non-hydrogen) atoms. The standard InChI is InChI=1S/C27H35BrN2O5/c1-17(2)30(18(3)4)12-13-34-27(31)26-21-14-25(33-7)22(28)15-23(21)29(5)24(26)16-35-20-10-8-19(32-6)9-11-20/h8-11,14-15,17-18H,12-13,16H2,1-7H3. The molecule has 0 N–H and O–H groups in total. The highest BCUT2D eigenvalue weighted by Crippen LogP contribution is 2.35. The molecule has 0 spiro atoms. The van der Waals surface area contributed by atoms with E-state index in [1.807, 2.05) is 48.0 Å². The number of esters is 1. The average molecular weight is 547 g/mol. The van der Waals surface area contributed by atoms with Gasteiger partial charge in [-0.3, -0.25) is 4.90 Å². The Morgan fingerprint density at radius 1 is 1.00 bits per heavy atom. The first-order valence-electron chi connectivity index (χ1n) is 11.7. The van der Waals surface area contributed by atoms with Crippen LogP contribution in [0.1, 0.15) is 43.7 Å². The first-order valence-corrected chi connectivity index (χ1v) is 12.5. The fraction of sp³-hybridized carbons (Fsp3) is 0.444. The highest BCUT2D eigenvalue weighted by atomic mass is 79.9. The van der Waals surface area contributed by atoms with Crippen molar-refractivity contribution in [3.05, 3.63) is 52.1 Å². The van der Waals surface area contributed by atoms with E-state index in [1.165, 1.54) is 0 Å². The maximum atomic E-state index is 13.4. The zero-order valence-electron chi connectivity index (χ0n) is 21.6. The monoisotopic (exact) mass is 546 g/mol. The van der Waals surface area contributed by atoms with E-state index < -0.39 is 0 Å². The summed E-state index contributed by atoms with van der Waals surface area (Å²) in [6, 6.07) is 11.9. The second kappa shape index (κ2) is 11.8. The van der Waals surface area contributed by atoms with Gasteiger partial charge in [-0.2, -0.15) is 0 Å². The minimum Gasteiger partial charge on any atom is -0.497 e. The van der Waals surface area contributed by atoms with Gasteiger partial charge in [-0.05, 0) is 80.0 Å². The van der Waals surface area contributed by atoms with Gasteiger partial charge in [-0.15, -0.1) is 0 Å². The lowest BCUT2D eigenvalue weighted by atomic mass is 10.1. The molecule has 7 nitrogen and oxygen atoms in total. The van der Waals surface area contributed by atoms with Crippen molar-refractivity contribution >= 4 is 32.8 Å². The van der Waals surface area contributed by atoms with Crippen molar-refractivity contribution in [2.75, 3.05) is 27.4 Å². The lowest BCUT2D eigenvalue weighted by molar-refractivity contribution is 0.0416. The molecule has 0 atom stereocenters. The molecule has 0 amide bonds. The highest BCUT2D eigenvalue weighted by Gasteiger charge is 2.25. The van der Waals surface area contributed by atoms with Gasteiger partial charge in [0.15, 0.2) is 0 Å². The maximum Gasteiger partial charge on any atom is 0.340 e. The average Bonchev–Trinajstić information content (AvgIpc) is 3.10. The van der Waals surface area contributed by atoms with E-state index in [0.717, 1.165) is 26.8 Å². The Morgan fingerprint density at radius 2 is 1.63 bits per heavy atom. The molecule has 0 saturated carbocycles. The van der Waals surface area contributed by atoms with E-state index in [4.69, 9.17) is 18.9 Å². The zero-order valence-corrected chi connectivity index (χ0v) is 23.1. The molecule has 0 radical (unpaired) electrons. The summed E-state index contributed by atoms with van der Waals surface area (Å²) in [5.41, 5.74) is 2.09. The zero-order chi connectivity index (χ0) is 25.7. The molecule has 3 aromatic rings. The van der Waals surface area contributed by atoms with Gasteiger partial charge in [-0.25, -0.2) is 4.79 Å². The van der Waals surface area contributed by atoms with E-state index in [2.05, 4.69) is 48.5 Å². The topological polar surface area (TPSA) is 62.2 Å². The summed E-state index contributed by atoms with van der Waals surface area (Å²) in [5, 5.41) is 0.760. The Bertz CT molecular complexity index is 1150. The number of carbonyl (C=O) groups excluding carboxylic acids is 1. The first-order chi connectivity index (χ1) is 16.7. The number of carbonyl (C=O) groups is 1. The van der Waals surface area contributed by atoms with Crippen LogP contribution in [0.25, 0.3) is 10.9 Å². The van der Waals surface area contributed by atoms with Crippen LogP contribution < -0.4 is 14.2 Å². The summed E-state index contributed by atoms with van der Waals surface area (Å²) >= 11 is 3.55. The summed E-state index contributed by atoms with van der Waals surface area (Å²) in [6.07, 6.45) is 0. The maximum absolute atomic E-state index is 13.4. The Kier molecular flexibility index (Phi) is 9.08. The van der Waals surface area contributed by atoms with Gasteiger partial charge in [0, 0.05) is 31.1 Å². The van der Waals surface area contributed by atoms with E-state index in [1.54, 1.807) is 14.2 Å². The minimum absolute atomic E-state index is 0.200. The predicted molar refractivity (Wildman–Crippen MR) is 142 cm³/mol. The van der Waals surface area contributed by atoms with E-state index in [9.17, 15) is 4.79 Å². The molecule has 3 rings (SSSR count). The molecule has 0 saturated heterocycles. The predicted octanol–water partition coefficient (Wildman–Crippen LogP) is 5.81. The van der Waals surface area contributed by atoms with Crippen molar-refractivity contribution < 1.29 is 23.7 Å². The lowest BCUT2D eigenvalue weighted by Gasteiger charge is -2.30. The summed E-state index contributed by atoms with van der Waals surface area (Å²) in [5.74, 6) is 1.70. The quantitative estimate of drug-likeness (QED) is 0.283. The first kappa shape index (κ1) is 26.9. The number of fused-ring (bicyclic) bond motifs is 1. The summed E-state index contributed by atoms with van der Waals surface area (Å²) in [7, 11) is 5.15.